The van der Waals surface area contributed by atoms with E-state index in [4.69, 9.17) is 10.2 Å². The molecule has 3 N–H and O–H groups in total. The Balaban J connectivity index is 0. The molecule has 1 atom stereocenters. The van der Waals surface area contributed by atoms with Crippen LogP contribution in [0.5, 0.6) is 0 Å². The van der Waals surface area contributed by atoms with Gasteiger partial charge in [-0.2, -0.15) is 0 Å². The van der Waals surface area contributed by atoms with E-state index in [1.165, 1.54) is 83.5 Å². The first-order chi connectivity index (χ1) is 10.7. The summed E-state index contributed by atoms with van der Waals surface area (Å²) < 4.78 is 0. The van der Waals surface area contributed by atoms with Crippen LogP contribution in [0.25, 0.3) is 0 Å². The molecular formula is C19H42BrNO2. The molecule has 0 rings (SSSR count). The van der Waals surface area contributed by atoms with Crippen molar-refractivity contribution in [3.8, 4) is 0 Å². The van der Waals surface area contributed by atoms with Crippen LogP contribution in [0.3, 0.4) is 0 Å². The van der Waals surface area contributed by atoms with Gasteiger partial charge < -0.3 is 15.5 Å². The zero-order valence-electron chi connectivity index (χ0n) is 15.6. The first-order valence-electron chi connectivity index (χ1n) is 9.78. The highest BCUT2D eigenvalue weighted by atomic mass is 79.9. The van der Waals surface area contributed by atoms with Gasteiger partial charge in [0.1, 0.15) is 0 Å². The SMILES string of the molecule is Br.CCCCCCCCCCCCCCCCNC(C)C(O)O. The van der Waals surface area contributed by atoms with Crippen molar-refractivity contribution in [2.24, 2.45) is 0 Å². The van der Waals surface area contributed by atoms with Gasteiger partial charge in [-0.05, 0) is 19.9 Å². The quantitative estimate of drug-likeness (QED) is 0.230. The van der Waals surface area contributed by atoms with Crippen molar-refractivity contribution in [2.75, 3.05) is 6.54 Å². The zero-order chi connectivity index (χ0) is 16.5. The molecule has 0 aliphatic rings. The summed E-state index contributed by atoms with van der Waals surface area (Å²) in [6, 6.07) is -0.220. The van der Waals surface area contributed by atoms with Gasteiger partial charge in [-0.15, -0.1) is 17.0 Å². The van der Waals surface area contributed by atoms with Crippen molar-refractivity contribution < 1.29 is 10.2 Å². The van der Waals surface area contributed by atoms with Crippen molar-refractivity contribution in [3.05, 3.63) is 0 Å². The summed E-state index contributed by atoms with van der Waals surface area (Å²) in [5, 5.41) is 21.0. The lowest BCUT2D eigenvalue weighted by atomic mass is 10.0. The molecule has 0 aromatic carbocycles. The molecule has 0 spiro atoms. The van der Waals surface area contributed by atoms with E-state index >= 15 is 0 Å². The van der Waals surface area contributed by atoms with E-state index < -0.39 is 6.29 Å². The van der Waals surface area contributed by atoms with Crippen LogP contribution in [0.2, 0.25) is 0 Å². The molecule has 4 heteroatoms. The van der Waals surface area contributed by atoms with Crippen LogP contribution in [0.1, 0.15) is 104 Å². The summed E-state index contributed by atoms with van der Waals surface area (Å²) in [5.74, 6) is 0. The first-order valence-corrected chi connectivity index (χ1v) is 9.78. The molecule has 0 aromatic heterocycles. The van der Waals surface area contributed by atoms with Gasteiger partial charge in [0.05, 0.1) is 6.04 Å². The molecule has 3 nitrogen and oxygen atoms in total. The first kappa shape index (κ1) is 25.6. The monoisotopic (exact) mass is 395 g/mol. The summed E-state index contributed by atoms with van der Waals surface area (Å²) in [7, 11) is 0. The van der Waals surface area contributed by atoms with Gasteiger partial charge in [0.25, 0.3) is 0 Å². The van der Waals surface area contributed by atoms with Crippen LogP contribution in [-0.2, 0) is 0 Å². The third kappa shape index (κ3) is 20.3. The Bertz CT molecular complexity index is 216. The summed E-state index contributed by atoms with van der Waals surface area (Å²) in [6.07, 6.45) is 17.9. The average molecular weight is 396 g/mol. The highest BCUT2D eigenvalue weighted by Crippen LogP contribution is 2.12. The van der Waals surface area contributed by atoms with Gasteiger partial charge in [-0.1, -0.05) is 90.4 Å². The maximum Gasteiger partial charge on any atom is 0.166 e. The Kier molecular flexibility index (Phi) is 22.7. The van der Waals surface area contributed by atoms with E-state index in [-0.39, 0.29) is 23.0 Å². The van der Waals surface area contributed by atoms with Crippen molar-refractivity contribution >= 4 is 17.0 Å². The number of nitrogens with one attached hydrogen (secondary N) is 1. The topological polar surface area (TPSA) is 52.5 Å². The highest BCUT2D eigenvalue weighted by molar-refractivity contribution is 8.93. The van der Waals surface area contributed by atoms with Crippen molar-refractivity contribution in [2.45, 2.75) is 116 Å². The maximum absolute atomic E-state index is 8.93. The van der Waals surface area contributed by atoms with Crippen molar-refractivity contribution in [1.29, 1.82) is 0 Å². The van der Waals surface area contributed by atoms with Crippen LogP contribution >= 0.6 is 17.0 Å². The second-order valence-corrected chi connectivity index (χ2v) is 6.75. The number of halogens is 1. The molecule has 0 aromatic rings. The lowest BCUT2D eigenvalue weighted by molar-refractivity contribution is -0.0623. The number of aliphatic hydroxyl groups is 2. The highest BCUT2D eigenvalue weighted by Gasteiger charge is 2.07. The molecule has 142 valence electrons. The molecule has 0 aliphatic carbocycles. The minimum absolute atomic E-state index is 0. The Morgan fingerprint density at radius 1 is 0.652 bits per heavy atom. The molecule has 0 bridgehead atoms. The number of rotatable bonds is 17. The van der Waals surface area contributed by atoms with Gasteiger partial charge in [0.2, 0.25) is 0 Å². The van der Waals surface area contributed by atoms with Crippen molar-refractivity contribution in [3.63, 3.8) is 0 Å². The largest absolute Gasteiger partial charge is 0.367 e. The third-order valence-corrected chi connectivity index (χ3v) is 4.44. The van der Waals surface area contributed by atoms with Gasteiger partial charge in [0, 0.05) is 0 Å². The van der Waals surface area contributed by atoms with E-state index in [0.717, 1.165) is 13.0 Å². The zero-order valence-corrected chi connectivity index (χ0v) is 17.3. The van der Waals surface area contributed by atoms with Gasteiger partial charge in [-0.3, -0.25) is 0 Å². The standard InChI is InChI=1S/C19H41NO2.BrH/c1-3-4-5-6-7-8-9-10-11-12-13-14-15-16-17-20-18(2)19(21)22;/h18-22H,3-17H2,1-2H3;1H. The molecule has 0 saturated heterocycles. The predicted octanol–water partition coefficient (Wildman–Crippen LogP) is 5.33. The predicted molar refractivity (Wildman–Crippen MR) is 106 cm³/mol. The van der Waals surface area contributed by atoms with Gasteiger partial charge >= 0.3 is 0 Å². The minimum Gasteiger partial charge on any atom is -0.367 e. The van der Waals surface area contributed by atoms with Crippen LogP contribution in [0.15, 0.2) is 0 Å². The molecule has 0 heterocycles. The van der Waals surface area contributed by atoms with E-state index in [1.807, 2.05) is 0 Å². The number of unbranched alkanes of at least 4 members (excludes halogenated alkanes) is 13. The fraction of sp³-hybridized carbons (Fsp3) is 1.00. The van der Waals surface area contributed by atoms with Crippen molar-refractivity contribution in [1.82, 2.24) is 5.32 Å². The second-order valence-electron chi connectivity index (χ2n) is 6.75. The second kappa shape index (κ2) is 20.4. The Labute approximate surface area is 155 Å². The Morgan fingerprint density at radius 3 is 1.35 bits per heavy atom. The van der Waals surface area contributed by atoms with Gasteiger partial charge in [0.15, 0.2) is 6.29 Å². The summed E-state index contributed by atoms with van der Waals surface area (Å²) in [4.78, 5) is 0. The normalized spacial score (nSPS) is 12.4. The molecule has 0 aliphatic heterocycles. The molecule has 23 heavy (non-hydrogen) atoms. The maximum atomic E-state index is 8.93. The smallest absolute Gasteiger partial charge is 0.166 e. The molecule has 0 saturated carbocycles. The molecule has 0 radical (unpaired) electrons. The lowest BCUT2D eigenvalue weighted by Gasteiger charge is -2.15. The number of aliphatic hydroxyl groups excluding tert-OH is 1. The van der Waals surface area contributed by atoms with Crippen LogP contribution in [0.4, 0.5) is 0 Å². The summed E-state index contributed by atoms with van der Waals surface area (Å²) >= 11 is 0. The van der Waals surface area contributed by atoms with Crippen LogP contribution < -0.4 is 5.32 Å². The molecule has 1 unspecified atom stereocenters. The molecule has 0 fully saturated rings. The fourth-order valence-corrected chi connectivity index (χ4v) is 2.75. The average Bonchev–Trinajstić information content (AvgIpc) is 2.50. The molecular weight excluding hydrogens is 354 g/mol. The van der Waals surface area contributed by atoms with E-state index in [1.54, 1.807) is 6.92 Å². The molecule has 0 amide bonds. The van der Waals surface area contributed by atoms with Crippen LogP contribution in [0, 0.1) is 0 Å². The van der Waals surface area contributed by atoms with E-state index in [2.05, 4.69) is 12.2 Å². The van der Waals surface area contributed by atoms with E-state index in [9.17, 15) is 0 Å². The van der Waals surface area contributed by atoms with E-state index in [0.29, 0.717) is 0 Å². The third-order valence-electron chi connectivity index (χ3n) is 4.44. The fourth-order valence-electron chi connectivity index (χ4n) is 2.75. The Hall–Kier alpha value is 0.360. The number of hydrogen-bond donors (Lipinski definition) is 3. The lowest BCUT2D eigenvalue weighted by Crippen LogP contribution is -2.37. The van der Waals surface area contributed by atoms with Crippen LogP contribution in [-0.4, -0.2) is 29.1 Å². The Morgan fingerprint density at radius 2 is 1.00 bits per heavy atom. The summed E-state index contributed by atoms with van der Waals surface area (Å²) in [6.45, 7) is 4.96. The minimum atomic E-state index is -1.24. The number of hydrogen-bond acceptors (Lipinski definition) is 3. The van der Waals surface area contributed by atoms with Gasteiger partial charge in [-0.25, -0.2) is 0 Å². The summed E-state index contributed by atoms with van der Waals surface area (Å²) in [5.41, 5.74) is 0.